The molecule has 0 aliphatic carbocycles. The van der Waals surface area contributed by atoms with Crippen LogP contribution in [0.15, 0.2) is 9.89 Å². The van der Waals surface area contributed by atoms with Crippen LogP contribution in [0.3, 0.4) is 0 Å². The highest BCUT2D eigenvalue weighted by Gasteiger charge is 2.36. The van der Waals surface area contributed by atoms with Crippen LogP contribution >= 0.6 is 0 Å². The number of rotatable bonds is 15. The number of carboxylic acids is 1. The Kier molecular flexibility index (Phi) is 12.7. The number of hydrogen-bond acceptors (Lipinski definition) is 9. The fourth-order valence-electron chi connectivity index (χ4n) is 5.11. The van der Waals surface area contributed by atoms with Gasteiger partial charge in [0, 0.05) is 18.5 Å². The van der Waals surface area contributed by atoms with Crippen LogP contribution in [0.25, 0.3) is 0 Å². The first-order valence-corrected chi connectivity index (χ1v) is 16.2. The number of aliphatic carboxylic acids is 1. The number of ether oxygens (including phenoxy) is 1. The quantitative estimate of drug-likeness (QED) is 0.0751. The van der Waals surface area contributed by atoms with Gasteiger partial charge in [0.2, 0.25) is 23.7 Å². The van der Waals surface area contributed by atoms with E-state index in [0.717, 1.165) is 11.1 Å². The number of sulfonamides is 1. The van der Waals surface area contributed by atoms with Gasteiger partial charge < -0.3 is 37.3 Å². The van der Waals surface area contributed by atoms with E-state index in [0.29, 0.717) is 23.3 Å². The summed E-state index contributed by atoms with van der Waals surface area (Å²) in [6, 6.07) is -2.19. The summed E-state index contributed by atoms with van der Waals surface area (Å²) >= 11 is 0. The number of aliphatic imine (C=N–C) groups is 1. The number of nitrogens with two attached hydrogens (primary N) is 2. The number of carbonyl (C=O) groups is 4. The minimum atomic E-state index is -4.10. The molecule has 1 aromatic rings. The summed E-state index contributed by atoms with van der Waals surface area (Å²) in [6.45, 7) is 11.9. The second kappa shape index (κ2) is 15.4. The third-order valence-electron chi connectivity index (χ3n) is 7.33. The molecule has 252 valence electrons. The van der Waals surface area contributed by atoms with E-state index in [9.17, 15) is 32.7 Å². The van der Waals surface area contributed by atoms with Crippen molar-refractivity contribution in [2.75, 3.05) is 19.6 Å². The van der Waals surface area contributed by atoms with Gasteiger partial charge >= 0.3 is 5.97 Å². The Morgan fingerprint density at radius 2 is 1.64 bits per heavy atom. The van der Waals surface area contributed by atoms with Crippen molar-refractivity contribution in [2.45, 2.75) is 96.7 Å². The normalized spacial score (nSPS) is 15.4. The van der Waals surface area contributed by atoms with Crippen LogP contribution < -0.4 is 36.9 Å². The predicted octanol–water partition coefficient (Wildman–Crippen LogP) is -0.126. The second-order valence-corrected chi connectivity index (χ2v) is 13.8. The molecule has 0 saturated carbocycles. The maximum Gasteiger partial charge on any atom is 0.326 e. The van der Waals surface area contributed by atoms with Gasteiger partial charge in [-0.25, -0.2) is 17.9 Å². The van der Waals surface area contributed by atoms with Crippen molar-refractivity contribution >= 4 is 39.7 Å². The van der Waals surface area contributed by atoms with Gasteiger partial charge in [-0.3, -0.25) is 19.4 Å². The molecular weight excluding hydrogens is 606 g/mol. The maximum atomic E-state index is 13.4. The first-order chi connectivity index (χ1) is 20.8. The molecule has 1 heterocycles. The highest BCUT2D eigenvalue weighted by molar-refractivity contribution is 7.90. The van der Waals surface area contributed by atoms with Crippen molar-refractivity contribution in [1.82, 2.24) is 20.7 Å². The van der Waals surface area contributed by atoms with Gasteiger partial charge in [0.25, 0.3) is 10.0 Å². The third-order valence-corrected chi connectivity index (χ3v) is 8.96. The number of carboxylic acid groups (broad SMARTS) is 1. The van der Waals surface area contributed by atoms with Gasteiger partial charge in [-0.15, -0.1) is 0 Å². The first kappa shape index (κ1) is 37.3. The van der Waals surface area contributed by atoms with Crippen LogP contribution in [-0.2, 0) is 35.6 Å². The van der Waals surface area contributed by atoms with E-state index in [1.165, 1.54) is 0 Å². The minimum Gasteiger partial charge on any atom is -0.487 e. The number of carbonyl (C=O) groups excluding carboxylic acids is 3. The summed E-state index contributed by atoms with van der Waals surface area (Å²) in [5.41, 5.74) is 13.5. The van der Waals surface area contributed by atoms with E-state index < -0.39 is 57.9 Å². The van der Waals surface area contributed by atoms with Crippen LogP contribution in [0.2, 0.25) is 0 Å². The van der Waals surface area contributed by atoms with Crippen LogP contribution in [0.1, 0.15) is 69.2 Å². The number of guanidine groups is 1. The molecule has 16 heteroatoms. The SMILES string of the molecule is Cc1c(C)c(S(=O)(=O)NC(N)=NCCC[C@H](NC(=O)CN)C(=O)NCC(=O)N[C@@H](CC(C)C)C(=O)O)c(C)c2c1OC(C)(C)C2. The van der Waals surface area contributed by atoms with Crippen molar-refractivity contribution in [2.24, 2.45) is 22.4 Å². The third kappa shape index (κ3) is 10.3. The molecular formula is C29H47N7O8S. The highest BCUT2D eigenvalue weighted by atomic mass is 32.2. The summed E-state index contributed by atoms with van der Waals surface area (Å²) in [5.74, 6) is -2.82. The van der Waals surface area contributed by atoms with Crippen molar-refractivity contribution in [3.63, 3.8) is 0 Å². The summed E-state index contributed by atoms with van der Waals surface area (Å²) in [6.07, 6.45) is 1.03. The number of nitrogens with one attached hydrogen (secondary N) is 4. The molecule has 0 unspecified atom stereocenters. The van der Waals surface area contributed by atoms with E-state index in [1.807, 2.05) is 34.6 Å². The monoisotopic (exact) mass is 653 g/mol. The van der Waals surface area contributed by atoms with Crippen molar-refractivity contribution in [3.05, 3.63) is 22.3 Å². The molecule has 45 heavy (non-hydrogen) atoms. The molecule has 1 aromatic carbocycles. The number of nitrogens with zero attached hydrogens (tertiary/aromatic N) is 1. The van der Waals surface area contributed by atoms with E-state index in [1.54, 1.807) is 13.8 Å². The lowest BCUT2D eigenvalue weighted by atomic mass is 9.94. The summed E-state index contributed by atoms with van der Waals surface area (Å²) in [4.78, 5) is 52.5. The van der Waals surface area contributed by atoms with E-state index in [-0.39, 0.29) is 49.1 Å². The van der Waals surface area contributed by atoms with Gasteiger partial charge in [-0.1, -0.05) is 13.8 Å². The highest BCUT2D eigenvalue weighted by Crippen LogP contribution is 2.43. The lowest BCUT2D eigenvalue weighted by molar-refractivity contribution is -0.142. The lowest BCUT2D eigenvalue weighted by Gasteiger charge is -2.19. The van der Waals surface area contributed by atoms with E-state index in [2.05, 4.69) is 25.7 Å². The molecule has 0 radical (unpaired) electrons. The molecule has 0 aromatic heterocycles. The molecule has 0 fully saturated rings. The van der Waals surface area contributed by atoms with Gasteiger partial charge in [0.1, 0.15) is 23.4 Å². The number of fused-ring (bicyclic) bond motifs is 1. The Morgan fingerprint density at radius 1 is 1.02 bits per heavy atom. The summed E-state index contributed by atoms with van der Waals surface area (Å²) in [5, 5.41) is 16.5. The topological polar surface area (TPSA) is 244 Å². The van der Waals surface area contributed by atoms with Crippen LogP contribution in [0.4, 0.5) is 0 Å². The van der Waals surface area contributed by atoms with Gasteiger partial charge in [-0.05, 0) is 76.5 Å². The zero-order valence-electron chi connectivity index (χ0n) is 27.0. The Morgan fingerprint density at radius 3 is 2.22 bits per heavy atom. The van der Waals surface area contributed by atoms with Gasteiger partial charge in [0.15, 0.2) is 0 Å². The summed E-state index contributed by atoms with van der Waals surface area (Å²) in [7, 11) is -4.10. The minimum absolute atomic E-state index is 0.00974. The molecule has 1 aliphatic rings. The van der Waals surface area contributed by atoms with Gasteiger partial charge in [-0.2, -0.15) is 0 Å². The fourth-order valence-corrected chi connectivity index (χ4v) is 6.64. The van der Waals surface area contributed by atoms with E-state index >= 15 is 0 Å². The molecule has 1 aliphatic heterocycles. The average molecular weight is 654 g/mol. The molecule has 3 amide bonds. The summed E-state index contributed by atoms with van der Waals surface area (Å²) < 4.78 is 35.1. The molecule has 2 atom stereocenters. The Labute approximate surface area is 264 Å². The second-order valence-electron chi connectivity index (χ2n) is 12.2. The first-order valence-electron chi connectivity index (χ1n) is 14.7. The molecule has 15 nitrogen and oxygen atoms in total. The molecule has 2 rings (SSSR count). The Bertz CT molecular complexity index is 1440. The maximum absolute atomic E-state index is 13.4. The fraction of sp³-hybridized carbons (Fsp3) is 0.621. The molecule has 0 bridgehead atoms. The number of amides is 3. The molecule has 9 N–H and O–H groups in total. The zero-order chi connectivity index (χ0) is 34.3. The number of hydrogen-bond donors (Lipinski definition) is 7. The molecule has 0 spiro atoms. The molecule has 0 saturated heterocycles. The average Bonchev–Trinajstić information content (AvgIpc) is 3.26. The predicted molar refractivity (Wildman–Crippen MR) is 168 cm³/mol. The zero-order valence-corrected chi connectivity index (χ0v) is 27.8. The largest absolute Gasteiger partial charge is 0.487 e. The smallest absolute Gasteiger partial charge is 0.326 e. The van der Waals surface area contributed by atoms with Crippen LogP contribution in [-0.4, -0.2) is 80.5 Å². The van der Waals surface area contributed by atoms with Crippen LogP contribution in [0, 0.1) is 26.7 Å². The van der Waals surface area contributed by atoms with Crippen LogP contribution in [0.5, 0.6) is 5.75 Å². The Balaban J connectivity index is 2.04. The van der Waals surface area contributed by atoms with E-state index in [4.69, 9.17) is 16.2 Å². The van der Waals surface area contributed by atoms with Crippen molar-refractivity contribution in [1.29, 1.82) is 0 Å². The lowest BCUT2D eigenvalue weighted by Crippen LogP contribution is -2.51. The van der Waals surface area contributed by atoms with Gasteiger partial charge in [0.05, 0.1) is 18.0 Å². The standard InChI is InChI=1S/C29H47N7O8S/c1-15(2)11-21(27(40)41)35-23(38)14-33-26(39)20(34-22(37)13-30)9-8-10-32-28(31)36-45(42,43)25-17(4)16(3)24-19(18(25)5)12-29(6,7)44-24/h15,20-21H,8-14,30H2,1-7H3,(H,33,39)(H,34,37)(H,35,38)(H,40,41)(H3,31,32,36)/t20-,21-/m0/s1. The van der Waals surface area contributed by atoms with Crippen molar-refractivity contribution < 1.29 is 37.4 Å². The number of benzene rings is 1. The van der Waals surface area contributed by atoms with Crippen molar-refractivity contribution in [3.8, 4) is 5.75 Å². The Hall–Kier alpha value is -3.92.